The van der Waals surface area contributed by atoms with Gasteiger partial charge in [0.05, 0.1) is 18.8 Å². The first-order valence-corrected chi connectivity index (χ1v) is 10.6. The molecule has 4 rings (SSSR count). The number of likely N-dealkylation sites (tertiary alicyclic amines) is 1. The summed E-state index contributed by atoms with van der Waals surface area (Å²) in [4.78, 5) is 16.0. The Kier molecular flexibility index (Phi) is 6.50. The van der Waals surface area contributed by atoms with E-state index >= 15 is 0 Å². The van der Waals surface area contributed by atoms with Crippen LogP contribution in [0.1, 0.15) is 11.1 Å². The lowest BCUT2D eigenvalue weighted by atomic mass is 10.1. The fraction of sp³-hybridized carbons (Fsp3) is 0.478. The minimum absolute atomic E-state index is 0.219. The number of guanidine groups is 1. The number of aromatic nitrogens is 1. The van der Waals surface area contributed by atoms with Crippen molar-refractivity contribution in [1.82, 2.24) is 20.1 Å². The van der Waals surface area contributed by atoms with Crippen molar-refractivity contribution in [2.75, 3.05) is 52.3 Å². The highest BCUT2D eigenvalue weighted by Crippen LogP contribution is 2.25. The van der Waals surface area contributed by atoms with Crippen molar-refractivity contribution in [3.05, 3.63) is 59.8 Å². The number of morpholine rings is 1. The zero-order valence-corrected chi connectivity index (χ0v) is 18.2. The van der Waals surface area contributed by atoms with E-state index in [2.05, 4.69) is 61.5 Å². The Hall–Kier alpha value is -2.64. The Morgan fingerprint density at radius 1 is 1.20 bits per heavy atom. The first-order chi connectivity index (χ1) is 14.7. The van der Waals surface area contributed by atoms with Gasteiger partial charge >= 0.3 is 0 Å². The van der Waals surface area contributed by atoms with Gasteiger partial charge in [-0.25, -0.2) is 4.98 Å². The Labute approximate surface area is 179 Å². The lowest BCUT2D eigenvalue weighted by Crippen LogP contribution is -2.50. The molecule has 2 atom stereocenters. The van der Waals surface area contributed by atoms with Crippen LogP contribution in [0.5, 0.6) is 0 Å². The van der Waals surface area contributed by atoms with E-state index in [1.54, 1.807) is 0 Å². The largest absolute Gasteiger partial charge is 0.373 e. The highest BCUT2D eigenvalue weighted by atomic mass is 16.5. The number of nitrogens with zero attached hydrogens (tertiary/aromatic N) is 5. The van der Waals surface area contributed by atoms with Gasteiger partial charge in [0, 0.05) is 65.6 Å². The molecule has 1 N–H and O–H groups in total. The summed E-state index contributed by atoms with van der Waals surface area (Å²) in [6.07, 6.45) is 2.05. The number of aliphatic imine (C=N–C) groups is 1. The molecule has 7 heteroatoms. The third-order valence-corrected chi connectivity index (χ3v) is 5.88. The van der Waals surface area contributed by atoms with Gasteiger partial charge in [-0.1, -0.05) is 36.4 Å². The van der Waals surface area contributed by atoms with Crippen LogP contribution in [0.2, 0.25) is 0 Å². The summed E-state index contributed by atoms with van der Waals surface area (Å²) in [7, 11) is 5.89. The minimum atomic E-state index is 0.219. The quantitative estimate of drug-likeness (QED) is 0.602. The SMILES string of the molecule is CN=C(NCc1cccnc1N(C)C)N1CC2OCCN(Cc3ccccc3)C2C1. The number of anilines is 1. The van der Waals surface area contributed by atoms with Gasteiger partial charge in [-0.05, 0) is 11.6 Å². The maximum atomic E-state index is 6.13. The fourth-order valence-corrected chi connectivity index (χ4v) is 4.42. The molecule has 1 aromatic carbocycles. The highest BCUT2D eigenvalue weighted by Gasteiger charge is 2.41. The molecule has 2 unspecified atom stereocenters. The third-order valence-electron chi connectivity index (χ3n) is 5.88. The monoisotopic (exact) mass is 408 g/mol. The molecule has 0 saturated carbocycles. The normalized spacial score (nSPS) is 22.1. The van der Waals surface area contributed by atoms with Gasteiger partial charge in [-0.3, -0.25) is 9.89 Å². The number of hydrogen-bond donors (Lipinski definition) is 1. The second-order valence-corrected chi connectivity index (χ2v) is 8.12. The van der Waals surface area contributed by atoms with Gasteiger partial charge in [0.1, 0.15) is 5.82 Å². The van der Waals surface area contributed by atoms with Crippen LogP contribution in [0, 0.1) is 0 Å². The number of fused-ring (bicyclic) bond motifs is 1. The van der Waals surface area contributed by atoms with Gasteiger partial charge in [0.15, 0.2) is 5.96 Å². The molecule has 1 aromatic heterocycles. The maximum Gasteiger partial charge on any atom is 0.194 e. The number of hydrogen-bond acceptors (Lipinski definition) is 5. The number of pyridine rings is 1. The van der Waals surface area contributed by atoms with E-state index in [0.29, 0.717) is 12.6 Å². The van der Waals surface area contributed by atoms with Gasteiger partial charge < -0.3 is 19.9 Å². The second kappa shape index (κ2) is 9.45. The number of ether oxygens (including phenoxy) is 1. The summed E-state index contributed by atoms with van der Waals surface area (Å²) >= 11 is 0. The van der Waals surface area contributed by atoms with Crippen LogP contribution in [-0.2, 0) is 17.8 Å². The van der Waals surface area contributed by atoms with Crippen molar-refractivity contribution in [3.8, 4) is 0 Å². The van der Waals surface area contributed by atoms with E-state index < -0.39 is 0 Å². The second-order valence-electron chi connectivity index (χ2n) is 8.12. The van der Waals surface area contributed by atoms with Crippen molar-refractivity contribution in [2.24, 2.45) is 4.99 Å². The first kappa shape index (κ1) is 20.6. The van der Waals surface area contributed by atoms with Crippen LogP contribution < -0.4 is 10.2 Å². The Bertz CT molecular complexity index is 856. The first-order valence-electron chi connectivity index (χ1n) is 10.6. The van der Waals surface area contributed by atoms with Crippen LogP contribution in [-0.4, -0.2) is 80.3 Å². The average molecular weight is 409 g/mol. The molecule has 2 aliphatic rings. The molecule has 0 spiro atoms. The van der Waals surface area contributed by atoms with Gasteiger partial charge in [-0.2, -0.15) is 0 Å². The molecule has 3 heterocycles. The molecule has 160 valence electrons. The van der Waals surface area contributed by atoms with Crippen LogP contribution in [0.3, 0.4) is 0 Å². The molecule has 0 amide bonds. The molecule has 2 aromatic rings. The Morgan fingerprint density at radius 3 is 2.80 bits per heavy atom. The summed E-state index contributed by atoms with van der Waals surface area (Å²) < 4.78 is 6.13. The maximum absolute atomic E-state index is 6.13. The number of nitrogens with one attached hydrogen (secondary N) is 1. The van der Waals surface area contributed by atoms with E-state index in [0.717, 1.165) is 50.1 Å². The van der Waals surface area contributed by atoms with E-state index in [4.69, 9.17) is 4.74 Å². The van der Waals surface area contributed by atoms with Crippen LogP contribution in [0.25, 0.3) is 0 Å². The summed E-state index contributed by atoms with van der Waals surface area (Å²) in [6.45, 7) is 5.20. The average Bonchev–Trinajstić information content (AvgIpc) is 3.20. The van der Waals surface area contributed by atoms with Crippen molar-refractivity contribution >= 4 is 11.8 Å². The Morgan fingerprint density at radius 2 is 2.03 bits per heavy atom. The van der Waals surface area contributed by atoms with Crippen LogP contribution in [0.15, 0.2) is 53.7 Å². The minimum Gasteiger partial charge on any atom is -0.373 e. The summed E-state index contributed by atoms with van der Waals surface area (Å²) in [5.41, 5.74) is 2.51. The van der Waals surface area contributed by atoms with Crippen molar-refractivity contribution in [1.29, 1.82) is 0 Å². The summed E-state index contributed by atoms with van der Waals surface area (Å²) in [5, 5.41) is 3.53. The zero-order valence-electron chi connectivity index (χ0n) is 18.2. The predicted molar refractivity (Wildman–Crippen MR) is 121 cm³/mol. The van der Waals surface area contributed by atoms with Crippen LogP contribution in [0.4, 0.5) is 5.82 Å². The van der Waals surface area contributed by atoms with Crippen molar-refractivity contribution in [2.45, 2.75) is 25.2 Å². The van der Waals surface area contributed by atoms with Gasteiger partial charge in [-0.15, -0.1) is 0 Å². The zero-order chi connectivity index (χ0) is 20.9. The third kappa shape index (κ3) is 4.57. The Balaban J connectivity index is 1.40. The van der Waals surface area contributed by atoms with E-state index in [-0.39, 0.29) is 6.10 Å². The smallest absolute Gasteiger partial charge is 0.194 e. The molecule has 2 fully saturated rings. The van der Waals surface area contributed by atoms with Gasteiger partial charge in [0.2, 0.25) is 0 Å². The van der Waals surface area contributed by atoms with E-state index in [1.165, 1.54) is 5.56 Å². The molecule has 30 heavy (non-hydrogen) atoms. The molecule has 0 radical (unpaired) electrons. The number of benzene rings is 1. The molecule has 2 saturated heterocycles. The van der Waals surface area contributed by atoms with E-state index in [1.807, 2.05) is 38.3 Å². The molecular weight excluding hydrogens is 376 g/mol. The number of rotatable bonds is 5. The summed E-state index contributed by atoms with van der Waals surface area (Å²) in [5.74, 6) is 1.90. The van der Waals surface area contributed by atoms with Crippen LogP contribution >= 0.6 is 0 Å². The summed E-state index contributed by atoms with van der Waals surface area (Å²) in [6, 6.07) is 15.2. The molecule has 0 aliphatic carbocycles. The fourth-order valence-electron chi connectivity index (χ4n) is 4.42. The lowest BCUT2D eigenvalue weighted by molar-refractivity contribution is -0.0502. The molecule has 2 aliphatic heterocycles. The van der Waals surface area contributed by atoms with Crippen molar-refractivity contribution in [3.63, 3.8) is 0 Å². The molecule has 0 bridgehead atoms. The topological polar surface area (TPSA) is 56.2 Å². The standard InChI is InChI=1S/C23H32N6O/c1-24-23(26-14-19-10-7-11-25-22(19)27(2)3)29-16-20-21(17-29)30-13-12-28(20)15-18-8-5-4-6-9-18/h4-11,20-21H,12-17H2,1-3H3,(H,24,26). The predicted octanol–water partition coefficient (Wildman–Crippen LogP) is 1.81. The molecular formula is C23H32N6O. The lowest BCUT2D eigenvalue weighted by Gasteiger charge is -2.36. The van der Waals surface area contributed by atoms with E-state index in [9.17, 15) is 0 Å². The molecule has 7 nitrogen and oxygen atoms in total. The highest BCUT2D eigenvalue weighted by molar-refractivity contribution is 5.80. The van der Waals surface area contributed by atoms with Crippen molar-refractivity contribution < 1.29 is 4.74 Å². The van der Waals surface area contributed by atoms with Gasteiger partial charge in [0.25, 0.3) is 0 Å².